The number of anilines is 1. The average Bonchev–Trinajstić information content (AvgIpc) is 2.72. The van der Waals surface area contributed by atoms with E-state index < -0.39 is 11.9 Å². The monoisotopic (exact) mass is 453 g/mol. The van der Waals surface area contributed by atoms with Crippen LogP contribution in [-0.4, -0.2) is 47.4 Å². The first-order valence-electron chi connectivity index (χ1n) is 7.97. The van der Waals surface area contributed by atoms with Crippen LogP contribution in [0.1, 0.15) is 20.7 Å². The van der Waals surface area contributed by atoms with Crippen molar-refractivity contribution in [2.24, 2.45) is 0 Å². The molecule has 0 heterocycles. The molecule has 150 valence electrons. The minimum atomic E-state index is -0.637. The second-order valence-corrected chi connectivity index (χ2v) is 6.19. The number of methoxy groups -OCH3 is 5. The number of benzene rings is 2. The lowest BCUT2D eigenvalue weighted by Gasteiger charge is -2.15. The van der Waals surface area contributed by atoms with Gasteiger partial charge in [0.1, 0.15) is 16.0 Å². The van der Waals surface area contributed by atoms with Crippen molar-refractivity contribution in [2.45, 2.75) is 0 Å². The summed E-state index contributed by atoms with van der Waals surface area (Å²) in [6.07, 6.45) is 0. The second kappa shape index (κ2) is 9.32. The van der Waals surface area contributed by atoms with E-state index in [1.807, 2.05) is 0 Å². The molecule has 0 saturated heterocycles. The van der Waals surface area contributed by atoms with Gasteiger partial charge >= 0.3 is 5.97 Å². The Labute approximate surface area is 170 Å². The number of esters is 1. The van der Waals surface area contributed by atoms with Crippen molar-refractivity contribution in [2.75, 3.05) is 40.9 Å². The zero-order chi connectivity index (χ0) is 20.8. The van der Waals surface area contributed by atoms with E-state index in [1.54, 1.807) is 12.1 Å². The molecule has 2 aromatic carbocycles. The first-order chi connectivity index (χ1) is 13.4. The van der Waals surface area contributed by atoms with E-state index in [0.717, 1.165) is 0 Å². The predicted octanol–water partition coefficient (Wildman–Crippen LogP) is 3.52. The summed E-state index contributed by atoms with van der Waals surface area (Å²) < 4.78 is 26.3. The topological polar surface area (TPSA) is 92.3 Å². The molecule has 0 saturated carbocycles. The van der Waals surface area contributed by atoms with E-state index in [-0.39, 0.29) is 16.8 Å². The number of nitrogens with one attached hydrogen (secondary N) is 1. The van der Waals surface area contributed by atoms with E-state index in [1.165, 1.54) is 47.7 Å². The molecular weight excluding hydrogens is 434 g/mol. The molecule has 0 spiro atoms. The van der Waals surface area contributed by atoms with Gasteiger partial charge in [0.15, 0.2) is 11.5 Å². The van der Waals surface area contributed by atoms with Crippen LogP contribution in [0, 0.1) is 0 Å². The minimum Gasteiger partial charge on any atom is -0.495 e. The summed E-state index contributed by atoms with van der Waals surface area (Å²) in [6.45, 7) is 0. The maximum absolute atomic E-state index is 12.8. The number of amides is 1. The zero-order valence-corrected chi connectivity index (χ0v) is 17.6. The maximum Gasteiger partial charge on any atom is 0.340 e. The van der Waals surface area contributed by atoms with Gasteiger partial charge in [-0.2, -0.15) is 0 Å². The molecule has 8 nitrogen and oxygen atoms in total. The highest BCUT2D eigenvalue weighted by Gasteiger charge is 2.21. The molecule has 2 aromatic rings. The summed E-state index contributed by atoms with van der Waals surface area (Å²) in [6, 6.07) is 6.00. The molecule has 0 unspecified atom stereocenters. The molecule has 0 aliphatic heterocycles. The number of hydrogen-bond donors (Lipinski definition) is 1. The normalized spacial score (nSPS) is 10.1. The van der Waals surface area contributed by atoms with Crippen LogP contribution in [0.4, 0.5) is 5.69 Å². The minimum absolute atomic E-state index is 0.115. The van der Waals surface area contributed by atoms with Gasteiger partial charge in [-0.25, -0.2) is 4.79 Å². The fraction of sp³-hybridized carbons (Fsp3) is 0.263. The molecule has 0 atom stereocenters. The van der Waals surface area contributed by atoms with Crippen LogP contribution in [0.2, 0.25) is 0 Å². The Hall–Kier alpha value is -2.94. The third-order valence-corrected chi connectivity index (χ3v) is 4.67. The van der Waals surface area contributed by atoms with Crippen molar-refractivity contribution < 1.29 is 33.3 Å². The molecule has 0 aliphatic carbocycles. The van der Waals surface area contributed by atoms with E-state index in [0.29, 0.717) is 27.5 Å². The molecule has 0 fully saturated rings. The fourth-order valence-electron chi connectivity index (χ4n) is 2.46. The third-order valence-electron chi connectivity index (χ3n) is 3.89. The van der Waals surface area contributed by atoms with Gasteiger partial charge in [0, 0.05) is 17.7 Å². The summed E-state index contributed by atoms with van der Waals surface area (Å²) in [5.41, 5.74) is 0.586. The van der Waals surface area contributed by atoms with E-state index in [9.17, 15) is 9.59 Å². The summed E-state index contributed by atoms with van der Waals surface area (Å²) in [4.78, 5) is 25.0. The molecule has 0 aromatic heterocycles. The van der Waals surface area contributed by atoms with Crippen molar-refractivity contribution >= 4 is 33.5 Å². The smallest absolute Gasteiger partial charge is 0.340 e. The van der Waals surface area contributed by atoms with Crippen LogP contribution in [-0.2, 0) is 4.74 Å². The van der Waals surface area contributed by atoms with Crippen molar-refractivity contribution in [3.05, 3.63) is 39.9 Å². The van der Waals surface area contributed by atoms with Gasteiger partial charge in [0.05, 0.1) is 46.8 Å². The van der Waals surface area contributed by atoms with Gasteiger partial charge < -0.3 is 29.0 Å². The molecule has 28 heavy (non-hydrogen) atoms. The predicted molar refractivity (Wildman–Crippen MR) is 106 cm³/mol. The van der Waals surface area contributed by atoms with Gasteiger partial charge in [-0.3, -0.25) is 4.79 Å². The summed E-state index contributed by atoms with van der Waals surface area (Å²) in [5.74, 6) is 0.392. The highest BCUT2D eigenvalue weighted by molar-refractivity contribution is 9.10. The first kappa shape index (κ1) is 21.4. The average molecular weight is 454 g/mol. The van der Waals surface area contributed by atoms with Gasteiger partial charge in [-0.05, 0) is 28.1 Å². The first-order valence-corrected chi connectivity index (χ1v) is 8.76. The number of hydrogen-bond acceptors (Lipinski definition) is 7. The molecule has 1 amide bonds. The second-order valence-electron chi connectivity index (χ2n) is 5.39. The maximum atomic E-state index is 12.8. The van der Waals surface area contributed by atoms with Crippen LogP contribution in [0.25, 0.3) is 0 Å². The van der Waals surface area contributed by atoms with E-state index in [2.05, 4.69) is 21.2 Å². The number of halogens is 1. The Morgan fingerprint density at radius 1 is 0.786 bits per heavy atom. The van der Waals surface area contributed by atoms with Crippen molar-refractivity contribution in [3.63, 3.8) is 0 Å². The Bertz CT molecular complexity index is 873. The fourth-order valence-corrected chi connectivity index (χ4v) is 3.01. The number of carbonyl (C=O) groups excluding carboxylic acids is 2. The Morgan fingerprint density at radius 3 is 1.75 bits per heavy atom. The van der Waals surface area contributed by atoms with E-state index in [4.69, 9.17) is 23.7 Å². The molecule has 2 rings (SSSR count). The molecule has 0 radical (unpaired) electrons. The van der Waals surface area contributed by atoms with Crippen LogP contribution in [0.5, 0.6) is 23.0 Å². The lowest BCUT2D eigenvalue weighted by atomic mass is 10.1. The Kier molecular flexibility index (Phi) is 7.11. The Morgan fingerprint density at radius 2 is 1.29 bits per heavy atom. The van der Waals surface area contributed by atoms with Crippen LogP contribution in [0.3, 0.4) is 0 Å². The summed E-state index contributed by atoms with van der Waals surface area (Å²) >= 11 is 3.35. The van der Waals surface area contributed by atoms with Crippen LogP contribution < -0.4 is 24.3 Å². The Balaban J connectivity index is 2.49. The molecule has 0 aliphatic rings. The summed E-state index contributed by atoms with van der Waals surface area (Å²) in [5, 5.41) is 2.69. The van der Waals surface area contributed by atoms with Crippen molar-refractivity contribution in [1.82, 2.24) is 0 Å². The summed E-state index contributed by atoms with van der Waals surface area (Å²) in [7, 11) is 7.09. The van der Waals surface area contributed by atoms with Gasteiger partial charge in [-0.1, -0.05) is 0 Å². The number of rotatable bonds is 7. The lowest BCUT2D eigenvalue weighted by Crippen LogP contribution is -2.16. The van der Waals surface area contributed by atoms with Crippen molar-refractivity contribution in [3.8, 4) is 23.0 Å². The highest BCUT2D eigenvalue weighted by atomic mass is 79.9. The lowest BCUT2D eigenvalue weighted by molar-refractivity contribution is 0.0601. The SMILES string of the molecule is COC(=O)c1cc(OC)c(OC)cc1NC(=O)c1cc(OC)c(Br)c(OC)c1. The standard InChI is InChI=1S/C19H20BrNO7/c1-24-13-8-11(19(23)28-5)12(9-14(13)25-2)21-18(22)10-6-15(26-3)17(20)16(7-10)27-4/h6-9H,1-5H3,(H,21,22). The number of carbonyl (C=O) groups is 2. The quantitative estimate of drug-likeness (QED) is 0.640. The molecule has 9 heteroatoms. The largest absolute Gasteiger partial charge is 0.495 e. The molecule has 0 bridgehead atoms. The molecule has 1 N–H and O–H groups in total. The highest BCUT2D eigenvalue weighted by Crippen LogP contribution is 2.37. The zero-order valence-electron chi connectivity index (χ0n) is 16.0. The van der Waals surface area contributed by atoms with Gasteiger partial charge in [0.25, 0.3) is 5.91 Å². The third kappa shape index (κ3) is 4.30. The van der Waals surface area contributed by atoms with Crippen molar-refractivity contribution in [1.29, 1.82) is 0 Å². The van der Waals surface area contributed by atoms with Crippen LogP contribution >= 0.6 is 15.9 Å². The van der Waals surface area contributed by atoms with E-state index >= 15 is 0 Å². The van der Waals surface area contributed by atoms with Gasteiger partial charge in [-0.15, -0.1) is 0 Å². The van der Waals surface area contributed by atoms with Gasteiger partial charge in [0.2, 0.25) is 0 Å². The molecular formula is C19H20BrNO7. The van der Waals surface area contributed by atoms with Crippen LogP contribution in [0.15, 0.2) is 28.7 Å². The number of ether oxygens (including phenoxy) is 5.